The highest BCUT2D eigenvalue weighted by Gasteiger charge is 2.18. The molecular formula is C13H19NO. The molecule has 15 heavy (non-hydrogen) atoms. The summed E-state index contributed by atoms with van der Waals surface area (Å²) in [5.41, 5.74) is 2.62. The van der Waals surface area contributed by atoms with E-state index < -0.39 is 0 Å². The van der Waals surface area contributed by atoms with Crippen LogP contribution in [-0.4, -0.2) is 20.2 Å². The molecule has 1 heterocycles. The van der Waals surface area contributed by atoms with Gasteiger partial charge < -0.3 is 10.1 Å². The van der Waals surface area contributed by atoms with E-state index in [0.717, 1.165) is 18.8 Å². The molecule has 0 amide bonds. The normalized spacial score (nSPS) is 21.3. The molecule has 0 bridgehead atoms. The predicted molar refractivity (Wildman–Crippen MR) is 62.6 cm³/mol. The van der Waals surface area contributed by atoms with Gasteiger partial charge in [-0.3, -0.25) is 0 Å². The van der Waals surface area contributed by atoms with Gasteiger partial charge in [0.15, 0.2) is 0 Å². The minimum absolute atomic E-state index is 0.620. The molecule has 1 atom stereocenters. The van der Waals surface area contributed by atoms with E-state index in [1.165, 1.54) is 24.0 Å². The van der Waals surface area contributed by atoms with Crippen molar-refractivity contribution in [3.8, 4) is 5.75 Å². The molecular weight excluding hydrogens is 186 g/mol. The van der Waals surface area contributed by atoms with E-state index in [0.29, 0.717) is 5.92 Å². The number of ether oxygens (including phenoxy) is 1. The molecule has 1 fully saturated rings. The van der Waals surface area contributed by atoms with Crippen LogP contribution in [0.15, 0.2) is 18.2 Å². The highest BCUT2D eigenvalue weighted by atomic mass is 16.5. The van der Waals surface area contributed by atoms with Crippen LogP contribution in [0.5, 0.6) is 5.75 Å². The maximum absolute atomic E-state index is 5.45. The lowest BCUT2D eigenvalue weighted by atomic mass is 9.90. The van der Waals surface area contributed by atoms with Crippen LogP contribution in [0, 0.1) is 6.92 Å². The average Bonchev–Trinajstić information content (AvgIpc) is 2.30. The number of benzene rings is 1. The number of nitrogens with one attached hydrogen (secondary N) is 1. The van der Waals surface area contributed by atoms with Crippen molar-refractivity contribution in [2.75, 3.05) is 20.2 Å². The summed E-state index contributed by atoms with van der Waals surface area (Å²) >= 11 is 0. The summed E-state index contributed by atoms with van der Waals surface area (Å²) in [5.74, 6) is 1.66. The van der Waals surface area contributed by atoms with Crippen LogP contribution in [0.1, 0.15) is 29.9 Å². The molecule has 1 N–H and O–H groups in total. The monoisotopic (exact) mass is 205 g/mol. The fourth-order valence-electron chi connectivity index (χ4n) is 2.27. The summed E-state index contributed by atoms with van der Waals surface area (Å²) in [7, 11) is 1.76. The first-order chi connectivity index (χ1) is 7.31. The van der Waals surface area contributed by atoms with E-state index in [9.17, 15) is 0 Å². The second-order valence-corrected chi connectivity index (χ2v) is 4.29. The SMILES string of the molecule is COc1cc(C)ccc1C1CCCNC1. The number of piperidine rings is 1. The molecule has 1 aliphatic rings. The van der Waals surface area contributed by atoms with Gasteiger partial charge in [0.25, 0.3) is 0 Å². The molecule has 0 saturated carbocycles. The van der Waals surface area contributed by atoms with Crippen molar-refractivity contribution < 1.29 is 4.74 Å². The quantitative estimate of drug-likeness (QED) is 0.801. The maximum atomic E-state index is 5.45. The number of hydrogen-bond donors (Lipinski definition) is 1. The standard InChI is InChI=1S/C13H19NO/c1-10-5-6-12(13(8-10)15-2)11-4-3-7-14-9-11/h5-6,8,11,14H,3-4,7,9H2,1-2H3. The van der Waals surface area contributed by atoms with Gasteiger partial charge >= 0.3 is 0 Å². The van der Waals surface area contributed by atoms with Gasteiger partial charge in [-0.05, 0) is 43.5 Å². The zero-order chi connectivity index (χ0) is 10.7. The van der Waals surface area contributed by atoms with Crippen molar-refractivity contribution in [3.63, 3.8) is 0 Å². The van der Waals surface area contributed by atoms with Gasteiger partial charge in [0.05, 0.1) is 7.11 Å². The van der Waals surface area contributed by atoms with Crippen LogP contribution < -0.4 is 10.1 Å². The van der Waals surface area contributed by atoms with Crippen molar-refractivity contribution in [1.29, 1.82) is 0 Å². The minimum atomic E-state index is 0.620. The van der Waals surface area contributed by atoms with Crippen molar-refractivity contribution >= 4 is 0 Å². The molecule has 1 aliphatic heterocycles. The predicted octanol–water partition coefficient (Wildman–Crippen LogP) is 2.47. The van der Waals surface area contributed by atoms with Crippen LogP contribution in [0.4, 0.5) is 0 Å². The molecule has 2 rings (SSSR count). The van der Waals surface area contributed by atoms with E-state index in [2.05, 4.69) is 30.4 Å². The van der Waals surface area contributed by atoms with Gasteiger partial charge in [0.2, 0.25) is 0 Å². The van der Waals surface area contributed by atoms with Gasteiger partial charge in [0, 0.05) is 12.5 Å². The van der Waals surface area contributed by atoms with E-state index in [1.54, 1.807) is 7.11 Å². The van der Waals surface area contributed by atoms with Crippen LogP contribution in [-0.2, 0) is 0 Å². The van der Waals surface area contributed by atoms with Crippen molar-refractivity contribution in [2.24, 2.45) is 0 Å². The van der Waals surface area contributed by atoms with Crippen LogP contribution >= 0.6 is 0 Å². The molecule has 1 aromatic carbocycles. The summed E-state index contributed by atoms with van der Waals surface area (Å²) in [6.45, 7) is 4.34. The molecule has 2 heteroatoms. The topological polar surface area (TPSA) is 21.3 Å². The van der Waals surface area contributed by atoms with Crippen LogP contribution in [0.25, 0.3) is 0 Å². The molecule has 0 aromatic heterocycles. The Hall–Kier alpha value is -1.02. The third kappa shape index (κ3) is 2.32. The van der Waals surface area contributed by atoms with Gasteiger partial charge in [0.1, 0.15) is 5.75 Å². The molecule has 1 unspecified atom stereocenters. The second-order valence-electron chi connectivity index (χ2n) is 4.29. The fraction of sp³-hybridized carbons (Fsp3) is 0.538. The van der Waals surface area contributed by atoms with Crippen molar-refractivity contribution in [1.82, 2.24) is 5.32 Å². The largest absolute Gasteiger partial charge is 0.496 e. The Morgan fingerprint density at radius 3 is 2.93 bits per heavy atom. The maximum Gasteiger partial charge on any atom is 0.122 e. The third-order valence-electron chi connectivity index (χ3n) is 3.13. The summed E-state index contributed by atoms with van der Waals surface area (Å²) in [6.07, 6.45) is 2.54. The van der Waals surface area contributed by atoms with Gasteiger partial charge in [-0.1, -0.05) is 12.1 Å². The van der Waals surface area contributed by atoms with Crippen molar-refractivity contribution in [3.05, 3.63) is 29.3 Å². The number of rotatable bonds is 2. The molecule has 0 aliphatic carbocycles. The Morgan fingerprint density at radius 1 is 1.40 bits per heavy atom. The first-order valence-electron chi connectivity index (χ1n) is 5.66. The first kappa shape index (κ1) is 10.5. The Morgan fingerprint density at radius 2 is 2.27 bits per heavy atom. The minimum Gasteiger partial charge on any atom is -0.496 e. The summed E-state index contributed by atoms with van der Waals surface area (Å²) in [5, 5.41) is 3.44. The highest BCUT2D eigenvalue weighted by Crippen LogP contribution is 2.31. The fourth-order valence-corrected chi connectivity index (χ4v) is 2.27. The third-order valence-corrected chi connectivity index (χ3v) is 3.13. The molecule has 0 spiro atoms. The second kappa shape index (κ2) is 4.67. The van der Waals surface area contributed by atoms with Crippen molar-refractivity contribution in [2.45, 2.75) is 25.7 Å². The van der Waals surface area contributed by atoms with E-state index in [1.807, 2.05) is 0 Å². The molecule has 82 valence electrons. The molecule has 1 aromatic rings. The van der Waals surface area contributed by atoms with E-state index in [4.69, 9.17) is 4.74 Å². The highest BCUT2D eigenvalue weighted by molar-refractivity contribution is 5.39. The molecule has 1 saturated heterocycles. The summed E-state index contributed by atoms with van der Waals surface area (Å²) < 4.78 is 5.45. The smallest absolute Gasteiger partial charge is 0.122 e. The lowest BCUT2D eigenvalue weighted by molar-refractivity contribution is 0.392. The molecule has 2 nitrogen and oxygen atoms in total. The van der Waals surface area contributed by atoms with E-state index in [-0.39, 0.29) is 0 Å². The Labute approximate surface area is 91.6 Å². The number of aryl methyl sites for hydroxylation is 1. The Kier molecular flexibility index (Phi) is 3.27. The average molecular weight is 205 g/mol. The zero-order valence-electron chi connectivity index (χ0n) is 9.55. The van der Waals surface area contributed by atoms with Gasteiger partial charge in [-0.2, -0.15) is 0 Å². The number of methoxy groups -OCH3 is 1. The first-order valence-corrected chi connectivity index (χ1v) is 5.66. The Balaban J connectivity index is 2.25. The Bertz CT molecular complexity index is 329. The summed E-state index contributed by atoms with van der Waals surface area (Å²) in [4.78, 5) is 0. The number of hydrogen-bond acceptors (Lipinski definition) is 2. The lowest BCUT2D eigenvalue weighted by Gasteiger charge is -2.24. The van der Waals surface area contributed by atoms with Gasteiger partial charge in [-0.15, -0.1) is 0 Å². The lowest BCUT2D eigenvalue weighted by Crippen LogP contribution is -2.28. The van der Waals surface area contributed by atoms with Crippen LogP contribution in [0.3, 0.4) is 0 Å². The van der Waals surface area contributed by atoms with Crippen LogP contribution in [0.2, 0.25) is 0 Å². The molecule has 0 radical (unpaired) electrons. The van der Waals surface area contributed by atoms with Gasteiger partial charge in [-0.25, -0.2) is 0 Å². The zero-order valence-corrected chi connectivity index (χ0v) is 9.55. The van der Waals surface area contributed by atoms with E-state index >= 15 is 0 Å². The summed E-state index contributed by atoms with van der Waals surface area (Å²) in [6, 6.07) is 6.52.